The summed E-state index contributed by atoms with van der Waals surface area (Å²) in [6.07, 6.45) is 4.69. The normalized spacial score (nSPS) is 26.8. The number of carbonyl (C=O) groups excluding carboxylic acids is 2. The summed E-state index contributed by atoms with van der Waals surface area (Å²) in [7, 11) is 1.75. The Kier molecular flexibility index (Phi) is 3.90. The third kappa shape index (κ3) is 3.02. The smallest absolute Gasteiger partial charge is 0.227 e. The molecule has 18 heavy (non-hydrogen) atoms. The predicted octanol–water partition coefficient (Wildman–Crippen LogP) is 0.276. The highest BCUT2D eigenvalue weighted by molar-refractivity contribution is 5.83. The van der Waals surface area contributed by atoms with Gasteiger partial charge in [-0.25, -0.2) is 0 Å². The highest BCUT2D eigenvalue weighted by atomic mass is 16.3. The van der Waals surface area contributed by atoms with Crippen LogP contribution in [0.15, 0.2) is 0 Å². The molecule has 0 bridgehead atoms. The first-order valence-electron chi connectivity index (χ1n) is 6.74. The number of amides is 2. The molecule has 1 heterocycles. The van der Waals surface area contributed by atoms with Gasteiger partial charge in [0, 0.05) is 26.6 Å². The van der Waals surface area contributed by atoms with Gasteiger partial charge in [-0.2, -0.15) is 0 Å². The summed E-state index contributed by atoms with van der Waals surface area (Å²) in [5.41, 5.74) is -0.692. The van der Waals surface area contributed by atoms with E-state index in [0.29, 0.717) is 25.9 Å². The maximum atomic E-state index is 12.2. The van der Waals surface area contributed by atoms with Gasteiger partial charge in [0.05, 0.1) is 11.5 Å². The first-order chi connectivity index (χ1) is 8.50. The van der Waals surface area contributed by atoms with E-state index in [9.17, 15) is 14.7 Å². The van der Waals surface area contributed by atoms with Crippen LogP contribution in [0, 0.1) is 5.92 Å². The highest BCUT2D eigenvalue weighted by Gasteiger charge is 2.35. The van der Waals surface area contributed by atoms with E-state index in [2.05, 4.69) is 5.32 Å². The number of nitrogens with zero attached hydrogens (tertiary/aromatic N) is 1. The summed E-state index contributed by atoms with van der Waals surface area (Å²) in [5.74, 6) is -0.0656. The van der Waals surface area contributed by atoms with Gasteiger partial charge in [0.25, 0.3) is 0 Å². The third-order valence-corrected chi connectivity index (χ3v) is 4.06. The second kappa shape index (κ2) is 5.26. The molecule has 1 atom stereocenters. The van der Waals surface area contributed by atoms with E-state index in [1.54, 1.807) is 11.9 Å². The average Bonchev–Trinajstić information content (AvgIpc) is 2.76. The number of rotatable bonds is 3. The average molecular weight is 254 g/mol. The van der Waals surface area contributed by atoms with Crippen LogP contribution in [0.25, 0.3) is 0 Å². The molecular weight excluding hydrogens is 232 g/mol. The van der Waals surface area contributed by atoms with Crippen molar-refractivity contribution in [3.8, 4) is 0 Å². The van der Waals surface area contributed by atoms with Crippen molar-refractivity contribution in [3.63, 3.8) is 0 Å². The molecule has 5 heteroatoms. The molecule has 2 fully saturated rings. The number of hydrogen-bond acceptors (Lipinski definition) is 3. The number of aliphatic hydroxyl groups is 1. The maximum absolute atomic E-state index is 12.2. The molecule has 1 unspecified atom stereocenters. The second-order valence-electron chi connectivity index (χ2n) is 5.67. The van der Waals surface area contributed by atoms with Crippen LogP contribution in [-0.4, -0.2) is 47.6 Å². The van der Waals surface area contributed by atoms with Crippen molar-refractivity contribution in [3.05, 3.63) is 0 Å². The summed E-state index contributed by atoms with van der Waals surface area (Å²) in [6.45, 7) is 0.844. The Labute approximate surface area is 108 Å². The molecule has 0 aromatic rings. The van der Waals surface area contributed by atoms with E-state index in [0.717, 1.165) is 25.7 Å². The Balaban J connectivity index is 1.86. The van der Waals surface area contributed by atoms with Gasteiger partial charge in [0.1, 0.15) is 0 Å². The van der Waals surface area contributed by atoms with E-state index in [1.165, 1.54) is 0 Å². The molecule has 0 spiro atoms. The van der Waals surface area contributed by atoms with Crippen molar-refractivity contribution in [2.45, 2.75) is 44.1 Å². The number of carbonyl (C=O) groups is 2. The van der Waals surface area contributed by atoms with Crippen molar-refractivity contribution in [2.75, 3.05) is 20.1 Å². The SMILES string of the molecule is CN(CC1(O)CCCC1)C(=O)C1CCC(=O)NC1. The van der Waals surface area contributed by atoms with E-state index in [1.807, 2.05) is 0 Å². The molecule has 1 saturated carbocycles. The number of likely N-dealkylation sites (N-methyl/N-ethyl adjacent to an activating group) is 1. The zero-order valence-electron chi connectivity index (χ0n) is 10.9. The van der Waals surface area contributed by atoms with Gasteiger partial charge >= 0.3 is 0 Å². The number of hydrogen-bond donors (Lipinski definition) is 2. The van der Waals surface area contributed by atoms with Crippen LogP contribution in [0.3, 0.4) is 0 Å². The van der Waals surface area contributed by atoms with E-state index >= 15 is 0 Å². The standard InChI is InChI=1S/C13H22N2O3/c1-15(9-13(18)6-2-3-7-13)12(17)10-4-5-11(16)14-8-10/h10,18H,2-9H2,1H3,(H,14,16). The molecule has 1 aliphatic carbocycles. The van der Waals surface area contributed by atoms with Gasteiger partial charge < -0.3 is 15.3 Å². The summed E-state index contributed by atoms with van der Waals surface area (Å²) in [4.78, 5) is 24.9. The third-order valence-electron chi connectivity index (χ3n) is 4.06. The summed E-state index contributed by atoms with van der Waals surface area (Å²) in [5, 5.41) is 13.0. The van der Waals surface area contributed by atoms with Gasteiger partial charge in [-0.05, 0) is 19.3 Å². The largest absolute Gasteiger partial charge is 0.388 e. The molecular formula is C13H22N2O3. The van der Waals surface area contributed by atoms with Crippen LogP contribution in [0.2, 0.25) is 0 Å². The zero-order chi connectivity index (χ0) is 13.2. The molecule has 2 amide bonds. The molecule has 0 aromatic carbocycles. The quantitative estimate of drug-likeness (QED) is 0.760. The van der Waals surface area contributed by atoms with Crippen molar-refractivity contribution in [2.24, 2.45) is 5.92 Å². The van der Waals surface area contributed by atoms with Gasteiger partial charge in [-0.1, -0.05) is 12.8 Å². The summed E-state index contributed by atoms with van der Waals surface area (Å²) in [6, 6.07) is 0. The fraction of sp³-hybridized carbons (Fsp3) is 0.846. The molecule has 2 rings (SSSR count). The van der Waals surface area contributed by atoms with Crippen LogP contribution < -0.4 is 5.32 Å². The number of piperidine rings is 1. The van der Waals surface area contributed by atoms with E-state index < -0.39 is 5.60 Å². The zero-order valence-corrected chi connectivity index (χ0v) is 10.9. The van der Waals surface area contributed by atoms with E-state index in [4.69, 9.17) is 0 Å². The minimum Gasteiger partial charge on any atom is -0.388 e. The van der Waals surface area contributed by atoms with Crippen LogP contribution in [-0.2, 0) is 9.59 Å². The first kappa shape index (κ1) is 13.3. The lowest BCUT2D eigenvalue weighted by molar-refractivity contribution is -0.139. The van der Waals surface area contributed by atoms with Crippen LogP contribution in [0.4, 0.5) is 0 Å². The second-order valence-corrected chi connectivity index (χ2v) is 5.67. The fourth-order valence-corrected chi connectivity index (χ4v) is 2.97. The molecule has 5 nitrogen and oxygen atoms in total. The Morgan fingerprint density at radius 3 is 2.72 bits per heavy atom. The Bertz CT molecular complexity index is 327. The molecule has 1 saturated heterocycles. The lowest BCUT2D eigenvalue weighted by atomic mass is 9.96. The van der Waals surface area contributed by atoms with Crippen molar-refractivity contribution in [1.82, 2.24) is 10.2 Å². The van der Waals surface area contributed by atoms with Crippen molar-refractivity contribution < 1.29 is 14.7 Å². The molecule has 102 valence electrons. The Morgan fingerprint density at radius 2 is 2.17 bits per heavy atom. The number of nitrogens with one attached hydrogen (secondary N) is 1. The maximum Gasteiger partial charge on any atom is 0.227 e. The summed E-state index contributed by atoms with van der Waals surface area (Å²) >= 11 is 0. The lowest BCUT2D eigenvalue weighted by Gasteiger charge is -2.32. The van der Waals surface area contributed by atoms with Gasteiger partial charge in [-0.3, -0.25) is 9.59 Å². The van der Waals surface area contributed by atoms with Crippen molar-refractivity contribution in [1.29, 1.82) is 0 Å². The Morgan fingerprint density at radius 1 is 1.50 bits per heavy atom. The lowest BCUT2D eigenvalue weighted by Crippen LogP contribution is -2.48. The molecule has 2 N–H and O–H groups in total. The minimum absolute atomic E-state index is 0.0242. The van der Waals surface area contributed by atoms with Gasteiger partial charge in [0.15, 0.2) is 0 Å². The monoisotopic (exact) mass is 254 g/mol. The molecule has 2 aliphatic rings. The van der Waals surface area contributed by atoms with Crippen molar-refractivity contribution >= 4 is 11.8 Å². The predicted molar refractivity (Wildman–Crippen MR) is 66.8 cm³/mol. The van der Waals surface area contributed by atoms with E-state index in [-0.39, 0.29) is 17.7 Å². The van der Waals surface area contributed by atoms with Crippen LogP contribution >= 0.6 is 0 Å². The molecule has 1 aliphatic heterocycles. The van der Waals surface area contributed by atoms with Gasteiger partial charge in [0.2, 0.25) is 11.8 Å². The van der Waals surface area contributed by atoms with Crippen LogP contribution in [0.5, 0.6) is 0 Å². The molecule has 0 aromatic heterocycles. The van der Waals surface area contributed by atoms with Gasteiger partial charge in [-0.15, -0.1) is 0 Å². The fourth-order valence-electron chi connectivity index (χ4n) is 2.97. The first-order valence-corrected chi connectivity index (χ1v) is 6.74. The van der Waals surface area contributed by atoms with Crippen LogP contribution in [0.1, 0.15) is 38.5 Å². The Hall–Kier alpha value is -1.10. The molecule has 0 radical (unpaired) electrons. The summed E-state index contributed by atoms with van der Waals surface area (Å²) < 4.78 is 0. The topological polar surface area (TPSA) is 69.6 Å². The highest BCUT2D eigenvalue weighted by Crippen LogP contribution is 2.30. The minimum atomic E-state index is -0.692.